The Labute approximate surface area is 160 Å². The lowest BCUT2D eigenvalue weighted by Gasteiger charge is -2.23. The number of pyridine rings is 1. The zero-order valence-electron chi connectivity index (χ0n) is 15.4. The molecule has 0 amide bonds. The van der Waals surface area contributed by atoms with Crippen molar-refractivity contribution in [2.45, 2.75) is 20.4 Å². The SMILES string of the molecule is COC(=O)C(C)(C)Cn1c(-c2cccc(OC)n2)nc2c(Cl)nc(N)nc21. The standard InChI is InChI=1S/C17H19ClN6O3/c1-17(2,15(25)27-4)8-24-13(9-6-5-7-10(20-9)26-3)21-11-12(18)22-16(19)23-14(11)24/h5-7H,8H2,1-4H3,(H2,19,22,23). The van der Waals surface area contributed by atoms with E-state index < -0.39 is 5.41 Å². The molecule has 9 nitrogen and oxygen atoms in total. The van der Waals surface area contributed by atoms with E-state index in [1.54, 1.807) is 36.6 Å². The number of hydrogen-bond donors (Lipinski definition) is 1. The summed E-state index contributed by atoms with van der Waals surface area (Å²) in [5.41, 5.74) is 6.21. The molecule has 3 aromatic rings. The summed E-state index contributed by atoms with van der Waals surface area (Å²) in [7, 11) is 2.87. The van der Waals surface area contributed by atoms with Crippen LogP contribution in [0.1, 0.15) is 13.8 Å². The topological polar surface area (TPSA) is 118 Å². The molecule has 10 heteroatoms. The van der Waals surface area contributed by atoms with Gasteiger partial charge in [-0.05, 0) is 19.9 Å². The summed E-state index contributed by atoms with van der Waals surface area (Å²) in [4.78, 5) is 29.4. The van der Waals surface area contributed by atoms with E-state index in [9.17, 15) is 4.79 Å². The lowest BCUT2D eigenvalue weighted by Crippen LogP contribution is -2.31. The molecule has 0 aliphatic heterocycles. The number of imidazole rings is 1. The van der Waals surface area contributed by atoms with E-state index in [1.807, 2.05) is 0 Å². The lowest BCUT2D eigenvalue weighted by molar-refractivity contribution is -0.151. The van der Waals surface area contributed by atoms with Crippen LogP contribution < -0.4 is 10.5 Å². The average Bonchev–Trinajstić information content (AvgIpc) is 2.99. The number of fused-ring (bicyclic) bond motifs is 1. The van der Waals surface area contributed by atoms with Gasteiger partial charge in [-0.25, -0.2) is 9.97 Å². The molecule has 0 fully saturated rings. The molecule has 142 valence electrons. The van der Waals surface area contributed by atoms with Crippen LogP contribution in [0, 0.1) is 5.41 Å². The van der Waals surface area contributed by atoms with Crippen molar-refractivity contribution in [3.8, 4) is 17.4 Å². The van der Waals surface area contributed by atoms with Crippen LogP contribution >= 0.6 is 11.6 Å². The van der Waals surface area contributed by atoms with Gasteiger partial charge in [0, 0.05) is 12.6 Å². The van der Waals surface area contributed by atoms with Gasteiger partial charge in [-0.1, -0.05) is 17.7 Å². The van der Waals surface area contributed by atoms with Crippen LogP contribution in [0.2, 0.25) is 5.15 Å². The smallest absolute Gasteiger partial charge is 0.313 e. The van der Waals surface area contributed by atoms with E-state index >= 15 is 0 Å². The molecule has 0 atom stereocenters. The summed E-state index contributed by atoms with van der Waals surface area (Å²) < 4.78 is 11.8. The maximum Gasteiger partial charge on any atom is 0.313 e. The highest BCUT2D eigenvalue weighted by Gasteiger charge is 2.32. The predicted octanol–water partition coefficient (Wildman–Crippen LogP) is 2.33. The first-order chi connectivity index (χ1) is 12.8. The molecule has 3 rings (SSSR count). The molecule has 3 heterocycles. The largest absolute Gasteiger partial charge is 0.481 e. The second-order valence-corrected chi connectivity index (χ2v) is 6.87. The number of esters is 1. The first-order valence-electron chi connectivity index (χ1n) is 8.06. The number of anilines is 1. The first kappa shape index (κ1) is 18.8. The molecule has 0 radical (unpaired) electrons. The molecule has 0 saturated carbocycles. The zero-order valence-corrected chi connectivity index (χ0v) is 16.1. The van der Waals surface area contributed by atoms with E-state index in [-0.39, 0.29) is 23.6 Å². The van der Waals surface area contributed by atoms with Crippen molar-refractivity contribution >= 4 is 34.7 Å². The van der Waals surface area contributed by atoms with Gasteiger partial charge in [0.2, 0.25) is 11.8 Å². The Hall–Kier alpha value is -2.94. The first-order valence-corrected chi connectivity index (χ1v) is 8.43. The monoisotopic (exact) mass is 390 g/mol. The van der Waals surface area contributed by atoms with E-state index in [4.69, 9.17) is 26.8 Å². The van der Waals surface area contributed by atoms with Gasteiger partial charge in [0.15, 0.2) is 16.6 Å². The molecule has 0 saturated heterocycles. The fourth-order valence-electron chi connectivity index (χ4n) is 2.72. The van der Waals surface area contributed by atoms with Gasteiger partial charge >= 0.3 is 5.97 Å². The Morgan fingerprint density at radius 2 is 1.96 bits per heavy atom. The highest BCUT2D eigenvalue weighted by atomic mass is 35.5. The molecule has 3 aromatic heterocycles. The lowest BCUT2D eigenvalue weighted by atomic mass is 9.93. The van der Waals surface area contributed by atoms with Gasteiger partial charge < -0.3 is 19.8 Å². The van der Waals surface area contributed by atoms with Crippen LogP contribution in [0.5, 0.6) is 5.88 Å². The third-order valence-electron chi connectivity index (χ3n) is 4.02. The summed E-state index contributed by atoms with van der Waals surface area (Å²) in [5, 5.41) is 0.122. The number of aromatic nitrogens is 5. The van der Waals surface area contributed by atoms with Crippen LogP contribution in [-0.4, -0.2) is 44.7 Å². The van der Waals surface area contributed by atoms with E-state index in [0.29, 0.717) is 28.6 Å². The van der Waals surface area contributed by atoms with Crippen LogP contribution in [0.25, 0.3) is 22.7 Å². The average molecular weight is 391 g/mol. The predicted molar refractivity (Wildman–Crippen MR) is 100 cm³/mol. The van der Waals surface area contributed by atoms with Gasteiger partial charge in [0.25, 0.3) is 0 Å². The summed E-state index contributed by atoms with van der Waals surface area (Å²) in [5.74, 6) is 0.523. The number of nitrogen functional groups attached to an aromatic ring is 1. The van der Waals surface area contributed by atoms with Crippen LogP contribution in [0.3, 0.4) is 0 Å². The number of rotatable bonds is 5. The summed E-state index contributed by atoms with van der Waals surface area (Å²) in [6.45, 7) is 3.75. The third-order valence-corrected chi connectivity index (χ3v) is 4.29. The highest BCUT2D eigenvalue weighted by molar-refractivity contribution is 6.33. The number of hydrogen-bond acceptors (Lipinski definition) is 8. The number of carbonyl (C=O) groups is 1. The molecule has 0 aromatic carbocycles. The quantitative estimate of drug-likeness (QED) is 0.520. The van der Waals surface area contributed by atoms with Crippen LogP contribution in [0.15, 0.2) is 18.2 Å². The number of methoxy groups -OCH3 is 2. The molecule has 0 spiro atoms. The Morgan fingerprint density at radius 1 is 1.22 bits per heavy atom. The van der Waals surface area contributed by atoms with Crippen LogP contribution in [-0.2, 0) is 16.1 Å². The Balaban J connectivity index is 2.26. The summed E-state index contributed by atoms with van der Waals surface area (Å²) in [6, 6.07) is 5.29. The maximum absolute atomic E-state index is 12.2. The number of nitrogens with two attached hydrogens (primary N) is 1. The van der Waals surface area contributed by atoms with Gasteiger partial charge in [-0.15, -0.1) is 0 Å². The van der Waals surface area contributed by atoms with Gasteiger partial charge in [-0.3, -0.25) is 4.79 Å². The van der Waals surface area contributed by atoms with Crippen molar-refractivity contribution in [1.82, 2.24) is 24.5 Å². The molecule has 2 N–H and O–H groups in total. The molecule has 0 aliphatic carbocycles. The Morgan fingerprint density at radius 3 is 2.63 bits per heavy atom. The minimum absolute atomic E-state index is 0.00896. The van der Waals surface area contributed by atoms with Crippen molar-refractivity contribution in [2.24, 2.45) is 5.41 Å². The summed E-state index contributed by atoms with van der Waals surface area (Å²) in [6.07, 6.45) is 0. The number of halogens is 1. The number of ether oxygens (including phenoxy) is 2. The van der Waals surface area contributed by atoms with Crippen molar-refractivity contribution in [2.75, 3.05) is 20.0 Å². The second-order valence-electron chi connectivity index (χ2n) is 6.51. The molecular formula is C17H19ClN6O3. The third kappa shape index (κ3) is 3.50. The molecule has 0 aliphatic rings. The Kier molecular flexibility index (Phi) is 4.88. The number of carbonyl (C=O) groups excluding carboxylic acids is 1. The van der Waals surface area contributed by atoms with E-state index in [1.165, 1.54) is 14.2 Å². The zero-order chi connectivity index (χ0) is 19.8. The number of nitrogens with zero attached hydrogens (tertiary/aromatic N) is 5. The maximum atomic E-state index is 12.2. The van der Waals surface area contributed by atoms with Crippen molar-refractivity contribution < 1.29 is 14.3 Å². The van der Waals surface area contributed by atoms with Gasteiger partial charge in [0.1, 0.15) is 11.2 Å². The molecule has 0 bridgehead atoms. The minimum Gasteiger partial charge on any atom is -0.481 e. The normalized spacial score (nSPS) is 11.6. The van der Waals surface area contributed by atoms with Gasteiger partial charge in [0.05, 0.1) is 19.6 Å². The Bertz CT molecular complexity index is 1020. The second kappa shape index (κ2) is 6.99. The highest BCUT2D eigenvalue weighted by Crippen LogP contribution is 2.31. The summed E-state index contributed by atoms with van der Waals surface area (Å²) >= 11 is 6.21. The molecule has 27 heavy (non-hydrogen) atoms. The van der Waals surface area contributed by atoms with Crippen molar-refractivity contribution in [3.05, 3.63) is 23.4 Å². The van der Waals surface area contributed by atoms with E-state index in [0.717, 1.165) is 0 Å². The van der Waals surface area contributed by atoms with E-state index in [2.05, 4.69) is 19.9 Å². The molecular weight excluding hydrogens is 372 g/mol. The van der Waals surface area contributed by atoms with Crippen molar-refractivity contribution in [3.63, 3.8) is 0 Å². The minimum atomic E-state index is -0.859. The fourth-order valence-corrected chi connectivity index (χ4v) is 2.93. The molecule has 0 unspecified atom stereocenters. The van der Waals surface area contributed by atoms with Gasteiger partial charge in [-0.2, -0.15) is 9.97 Å². The fraction of sp³-hybridized carbons (Fsp3) is 0.353. The van der Waals surface area contributed by atoms with Crippen LogP contribution in [0.4, 0.5) is 5.95 Å². The van der Waals surface area contributed by atoms with Crippen molar-refractivity contribution in [1.29, 1.82) is 0 Å².